The number of carbonyl (C=O) groups excluding carboxylic acids is 1. The number of hydrogen-bond donors (Lipinski definition) is 1. The molecule has 0 heterocycles. The van der Waals surface area contributed by atoms with Crippen LogP contribution in [0.1, 0.15) is 20.8 Å². The van der Waals surface area contributed by atoms with Gasteiger partial charge in [0.15, 0.2) is 0 Å². The highest BCUT2D eigenvalue weighted by molar-refractivity contribution is 7.70. The predicted molar refractivity (Wildman–Crippen MR) is 44.2 cm³/mol. The van der Waals surface area contributed by atoms with Crippen molar-refractivity contribution in [3.63, 3.8) is 0 Å². The molecule has 5 nitrogen and oxygen atoms in total. The van der Waals surface area contributed by atoms with Crippen molar-refractivity contribution in [2.75, 3.05) is 0 Å². The van der Waals surface area contributed by atoms with Gasteiger partial charge in [-0.15, -0.1) is 0 Å². The lowest BCUT2D eigenvalue weighted by Gasteiger charge is -2.27. The van der Waals surface area contributed by atoms with Crippen molar-refractivity contribution in [3.05, 3.63) is 0 Å². The molecule has 0 bridgehead atoms. The van der Waals surface area contributed by atoms with Crippen molar-refractivity contribution in [2.24, 2.45) is 0 Å². The van der Waals surface area contributed by atoms with Crippen molar-refractivity contribution in [1.29, 1.82) is 0 Å². The van der Waals surface area contributed by atoms with Crippen molar-refractivity contribution in [2.45, 2.75) is 26.3 Å². The summed E-state index contributed by atoms with van der Waals surface area (Å²) in [5.41, 5.74) is -0.860. The summed E-state index contributed by atoms with van der Waals surface area (Å²) in [4.78, 5) is 10.8. The zero-order valence-electron chi connectivity index (χ0n) is 6.91. The van der Waals surface area contributed by atoms with Crippen LogP contribution in [0, 0.1) is 0 Å². The second-order valence-corrected chi connectivity index (χ2v) is 4.09. The second kappa shape index (κ2) is 3.95. The molecule has 7 heteroatoms. The van der Waals surface area contributed by atoms with Gasteiger partial charge < -0.3 is 4.29 Å². The van der Waals surface area contributed by atoms with Crippen LogP contribution in [0.15, 0.2) is 0 Å². The summed E-state index contributed by atoms with van der Waals surface area (Å²) < 4.78 is 25.4. The molecule has 0 rings (SSSR count). The second-order valence-electron chi connectivity index (χ2n) is 3.06. The molecule has 0 N–H and O–H groups in total. The highest BCUT2D eigenvalue weighted by atomic mass is 35.5. The van der Waals surface area contributed by atoms with Crippen LogP contribution in [-0.2, 0) is 15.2 Å². The molecule has 0 aromatic rings. The SMILES string of the molecule is CC(C)(C)N(C(=O)OCl)[SH](=O)=O. The molecule has 0 saturated heterocycles. The Bertz CT molecular complexity index is 236. The third kappa shape index (κ3) is 2.86. The molecule has 0 fully saturated rings. The lowest BCUT2D eigenvalue weighted by atomic mass is 10.1. The highest BCUT2D eigenvalue weighted by Gasteiger charge is 2.30. The first-order valence-corrected chi connectivity index (χ1v) is 4.51. The van der Waals surface area contributed by atoms with E-state index in [9.17, 15) is 13.2 Å². The van der Waals surface area contributed by atoms with Crippen molar-refractivity contribution in [1.82, 2.24) is 4.31 Å². The van der Waals surface area contributed by atoms with E-state index in [-0.39, 0.29) is 0 Å². The van der Waals surface area contributed by atoms with E-state index in [4.69, 9.17) is 11.9 Å². The first kappa shape index (κ1) is 11.5. The molecule has 0 radical (unpaired) electrons. The van der Waals surface area contributed by atoms with Gasteiger partial charge in [0, 0.05) is 0 Å². The van der Waals surface area contributed by atoms with Crippen molar-refractivity contribution in [3.8, 4) is 0 Å². The number of carbonyl (C=O) groups is 1. The molecule has 0 aromatic heterocycles. The first-order valence-electron chi connectivity index (χ1n) is 3.07. The summed E-state index contributed by atoms with van der Waals surface area (Å²) in [6.07, 6.45) is -1.10. The van der Waals surface area contributed by atoms with E-state index >= 15 is 0 Å². The van der Waals surface area contributed by atoms with E-state index in [1.165, 1.54) is 0 Å². The summed E-state index contributed by atoms with van der Waals surface area (Å²) >= 11 is 4.74. The third-order valence-corrected chi connectivity index (χ3v) is 2.26. The van der Waals surface area contributed by atoms with Gasteiger partial charge in [0.05, 0.1) is 5.54 Å². The molecule has 0 aliphatic carbocycles. The van der Waals surface area contributed by atoms with Gasteiger partial charge >= 0.3 is 6.09 Å². The molecule has 0 saturated carbocycles. The van der Waals surface area contributed by atoms with Crippen LogP contribution in [0.3, 0.4) is 0 Å². The fourth-order valence-corrected chi connectivity index (χ4v) is 1.40. The average molecular weight is 216 g/mol. The van der Waals surface area contributed by atoms with Gasteiger partial charge in [0.25, 0.3) is 0 Å². The zero-order chi connectivity index (χ0) is 9.94. The lowest BCUT2D eigenvalue weighted by molar-refractivity contribution is 0.159. The van der Waals surface area contributed by atoms with Crippen LogP contribution in [0.2, 0.25) is 0 Å². The van der Waals surface area contributed by atoms with Gasteiger partial charge in [0.2, 0.25) is 10.9 Å². The molecule has 0 aliphatic rings. The smallest absolute Gasteiger partial charge is 0.329 e. The molecule has 0 unspecified atom stereocenters. The van der Waals surface area contributed by atoms with Crippen LogP contribution in [0.5, 0.6) is 0 Å². The minimum Gasteiger partial charge on any atom is -0.329 e. The maximum Gasteiger partial charge on any atom is 0.442 e. The number of nitrogens with zero attached hydrogens (tertiary/aromatic N) is 1. The maximum absolute atomic E-state index is 10.8. The van der Waals surface area contributed by atoms with Crippen LogP contribution in [0.25, 0.3) is 0 Å². The van der Waals surface area contributed by atoms with Crippen LogP contribution < -0.4 is 0 Å². The summed E-state index contributed by atoms with van der Waals surface area (Å²) in [6, 6.07) is 0. The molecule has 72 valence electrons. The number of halogens is 1. The quantitative estimate of drug-likeness (QED) is 0.661. The minimum atomic E-state index is -3.02. The Morgan fingerprint density at radius 2 is 1.83 bits per heavy atom. The summed E-state index contributed by atoms with van der Waals surface area (Å²) in [5.74, 6) is 0. The Morgan fingerprint density at radius 3 is 1.92 bits per heavy atom. The number of thiol groups is 1. The standard InChI is InChI=1S/C5H10ClNO4S/c1-5(2,3)7(12(9)10)4(8)11-6/h12H,1-3H3. The fraction of sp³-hybridized carbons (Fsp3) is 0.800. The van der Waals surface area contributed by atoms with Crippen molar-refractivity contribution < 1.29 is 17.5 Å². The lowest BCUT2D eigenvalue weighted by Crippen LogP contribution is -2.43. The maximum atomic E-state index is 10.8. The van der Waals surface area contributed by atoms with Crippen LogP contribution >= 0.6 is 11.9 Å². The van der Waals surface area contributed by atoms with Crippen molar-refractivity contribution >= 4 is 28.8 Å². The summed E-state index contributed by atoms with van der Waals surface area (Å²) in [5, 5.41) is 0. The van der Waals surface area contributed by atoms with Gasteiger partial charge in [-0.2, -0.15) is 4.31 Å². The van der Waals surface area contributed by atoms with Gasteiger partial charge in [-0.1, -0.05) is 0 Å². The monoisotopic (exact) mass is 215 g/mol. The van der Waals surface area contributed by atoms with Crippen LogP contribution in [-0.4, -0.2) is 24.4 Å². The Morgan fingerprint density at radius 1 is 1.42 bits per heavy atom. The van der Waals surface area contributed by atoms with E-state index in [1.54, 1.807) is 20.8 Å². The zero-order valence-corrected chi connectivity index (χ0v) is 8.56. The predicted octanol–water partition coefficient (Wildman–Crippen LogP) is 0.904. The average Bonchev–Trinajstić information content (AvgIpc) is 1.83. The van der Waals surface area contributed by atoms with Gasteiger partial charge in [-0.05, 0) is 20.8 Å². The van der Waals surface area contributed by atoms with Gasteiger partial charge in [-0.3, -0.25) is 0 Å². The van der Waals surface area contributed by atoms with Gasteiger partial charge in [0.1, 0.15) is 11.9 Å². The normalized spacial score (nSPS) is 11.4. The highest BCUT2D eigenvalue weighted by Crippen LogP contribution is 2.14. The summed E-state index contributed by atoms with van der Waals surface area (Å²) in [6.45, 7) is 4.64. The molecule has 1 amide bonds. The van der Waals surface area contributed by atoms with E-state index in [0.717, 1.165) is 0 Å². The number of rotatable bonds is 1. The molecule has 0 aromatic carbocycles. The van der Waals surface area contributed by atoms with E-state index in [2.05, 4.69) is 4.29 Å². The van der Waals surface area contributed by atoms with Crippen LogP contribution in [0.4, 0.5) is 4.79 Å². The number of amides is 1. The molecular formula is C5H10ClNO4S. The van der Waals surface area contributed by atoms with E-state index in [0.29, 0.717) is 4.31 Å². The Labute approximate surface area is 77.5 Å². The molecule has 0 atom stereocenters. The van der Waals surface area contributed by atoms with E-state index in [1.807, 2.05) is 0 Å². The Kier molecular flexibility index (Phi) is 3.79. The van der Waals surface area contributed by atoms with Gasteiger partial charge in [-0.25, -0.2) is 13.2 Å². The molecular weight excluding hydrogens is 206 g/mol. The minimum absolute atomic E-state index is 0.537. The largest absolute Gasteiger partial charge is 0.442 e. The molecule has 12 heavy (non-hydrogen) atoms. The fourth-order valence-electron chi connectivity index (χ4n) is 0.618. The first-order chi connectivity index (χ1) is 5.30. The Hall–Kier alpha value is -0.490. The molecule has 0 spiro atoms. The number of hydrogen-bond acceptors (Lipinski definition) is 4. The Balaban J connectivity index is 4.81. The topological polar surface area (TPSA) is 63.7 Å². The third-order valence-electron chi connectivity index (χ3n) is 1.04. The van der Waals surface area contributed by atoms with E-state index < -0.39 is 22.5 Å². The summed E-state index contributed by atoms with van der Waals surface area (Å²) in [7, 11) is -3.02. The molecule has 0 aliphatic heterocycles.